The van der Waals surface area contributed by atoms with Gasteiger partial charge in [0.15, 0.2) is 0 Å². The Hall–Kier alpha value is -3.19. The third-order valence-electron chi connectivity index (χ3n) is 3.75. The molecule has 13 heteroatoms. The van der Waals surface area contributed by atoms with Gasteiger partial charge in [-0.15, -0.1) is 10.2 Å². The lowest BCUT2D eigenvalue weighted by molar-refractivity contribution is 0.582. The van der Waals surface area contributed by atoms with Crippen LogP contribution in [0.15, 0.2) is 29.2 Å². The molecule has 2 heterocycles. The number of rotatable bonds is 9. The van der Waals surface area contributed by atoms with Gasteiger partial charge in [0.2, 0.25) is 21.8 Å². The summed E-state index contributed by atoms with van der Waals surface area (Å²) in [6.45, 7) is 4.85. The summed E-state index contributed by atoms with van der Waals surface area (Å²) < 4.78 is 41.4. The van der Waals surface area contributed by atoms with Crippen molar-refractivity contribution in [2.75, 3.05) is 30.3 Å². The van der Waals surface area contributed by atoms with Crippen LogP contribution in [-0.4, -0.2) is 58.6 Å². The van der Waals surface area contributed by atoms with Crippen LogP contribution in [-0.2, 0) is 10.0 Å². The van der Waals surface area contributed by atoms with Gasteiger partial charge in [-0.25, -0.2) is 22.5 Å². The molecule has 29 heavy (non-hydrogen) atoms. The summed E-state index contributed by atoms with van der Waals surface area (Å²) >= 11 is 0. The highest BCUT2D eigenvalue weighted by Gasteiger charge is 2.18. The average Bonchev–Trinajstić information content (AvgIpc) is 3.20. The number of sulfonamides is 1. The summed E-state index contributed by atoms with van der Waals surface area (Å²) in [4.78, 5) is 8.43. The van der Waals surface area contributed by atoms with Gasteiger partial charge < -0.3 is 10.6 Å². The zero-order valence-electron chi connectivity index (χ0n) is 15.8. The van der Waals surface area contributed by atoms with Crippen molar-refractivity contribution in [3.8, 4) is 11.4 Å². The maximum atomic E-state index is 14.0. The Labute approximate surface area is 166 Å². The molecule has 0 aliphatic rings. The van der Waals surface area contributed by atoms with E-state index >= 15 is 0 Å². The molecule has 11 nitrogen and oxygen atoms in total. The second-order valence-corrected chi connectivity index (χ2v) is 7.72. The Morgan fingerprint density at radius 3 is 2.69 bits per heavy atom. The van der Waals surface area contributed by atoms with Crippen molar-refractivity contribution >= 4 is 21.8 Å². The number of aromatic amines is 1. The fourth-order valence-corrected chi connectivity index (χ4v) is 3.53. The Bertz CT molecular complexity index is 1070. The van der Waals surface area contributed by atoms with Gasteiger partial charge in [-0.3, -0.25) is 0 Å². The van der Waals surface area contributed by atoms with Gasteiger partial charge in [0.25, 0.3) is 0 Å². The van der Waals surface area contributed by atoms with Gasteiger partial charge in [-0.05, 0) is 37.3 Å². The molecule has 2 aromatic heterocycles. The molecule has 0 radical (unpaired) electrons. The maximum Gasteiger partial charge on any atom is 0.240 e. The van der Waals surface area contributed by atoms with E-state index < -0.39 is 15.8 Å². The number of hydrogen-bond acceptors (Lipinski definition) is 9. The number of tetrazole rings is 1. The van der Waals surface area contributed by atoms with E-state index in [-0.39, 0.29) is 22.8 Å². The van der Waals surface area contributed by atoms with Crippen LogP contribution < -0.4 is 15.4 Å². The lowest BCUT2D eigenvalue weighted by atomic mass is 10.2. The molecule has 0 saturated carbocycles. The summed E-state index contributed by atoms with van der Waals surface area (Å²) in [5, 5.41) is 19.0. The van der Waals surface area contributed by atoms with Gasteiger partial charge in [0, 0.05) is 31.4 Å². The van der Waals surface area contributed by atoms with E-state index in [9.17, 15) is 12.8 Å². The third kappa shape index (κ3) is 5.20. The molecule has 0 atom stereocenters. The SMILES string of the molecule is CCNc1nc(C)cc(NCCNS(=O)(=O)c2ccc(F)c(-c3nn[nH]n3)c2)n1. The first-order valence-electron chi connectivity index (χ1n) is 8.75. The summed E-state index contributed by atoms with van der Waals surface area (Å²) in [5.74, 6) is 0.393. The van der Waals surface area contributed by atoms with E-state index in [4.69, 9.17) is 0 Å². The van der Waals surface area contributed by atoms with Crippen molar-refractivity contribution in [1.82, 2.24) is 35.3 Å². The Morgan fingerprint density at radius 1 is 1.14 bits per heavy atom. The van der Waals surface area contributed by atoms with Crippen LogP contribution in [0.3, 0.4) is 0 Å². The first-order chi connectivity index (χ1) is 13.9. The van der Waals surface area contributed by atoms with Crippen LogP contribution in [0.2, 0.25) is 0 Å². The molecule has 0 bridgehead atoms. The van der Waals surface area contributed by atoms with Gasteiger partial charge in [0.1, 0.15) is 11.6 Å². The molecule has 0 amide bonds. The minimum atomic E-state index is -3.86. The number of nitrogens with zero attached hydrogens (tertiary/aromatic N) is 5. The number of H-pyrrole nitrogens is 1. The predicted molar refractivity (Wildman–Crippen MR) is 104 cm³/mol. The van der Waals surface area contributed by atoms with Crippen LogP contribution in [0.25, 0.3) is 11.4 Å². The number of aryl methyl sites for hydroxylation is 1. The number of anilines is 2. The van der Waals surface area contributed by atoms with Crippen LogP contribution in [0.5, 0.6) is 0 Å². The van der Waals surface area contributed by atoms with Crippen molar-refractivity contribution in [2.24, 2.45) is 0 Å². The molecule has 0 saturated heterocycles. The van der Waals surface area contributed by atoms with Gasteiger partial charge >= 0.3 is 0 Å². The van der Waals surface area contributed by atoms with Crippen molar-refractivity contribution in [3.05, 3.63) is 35.8 Å². The molecule has 1 aromatic carbocycles. The first-order valence-corrected chi connectivity index (χ1v) is 10.2. The fourth-order valence-electron chi connectivity index (χ4n) is 2.47. The predicted octanol–water partition coefficient (Wildman–Crippen LogP) is 0.926. The third-order valence-corrected chi connectivity index (χ3v) is 5.21. The van der Waals surface area contributed by atoms with Gasteiger partial charge in [0.05, 0.1) is 10.5 Å². The molecular weight excluding hydrogens is 401 g/mol. The van der Waals surface area contributed by atoms with E-state index in [0.717, 1.165) is 17.8 Å². The summed E-state index contributed by atoms with van der Waals surface area (Å²) in [6, 6.07) is 5.13. The Morgan fingerprint density at radius 2 is 1.97 bits per heavy atom. The highest BCUT2D eigenvalue weighted by Crippen LogP contribution is 2.22. The maximum absolute atomic E-state index is 14.0. The monoisotopic (exact) mass is 421 g/mol. The molecule has 3 aromatic rings. The second kappa shape index (κ2) is 8.87. The summed E-state index contributed by atoms with van der Waals surface area (Å²) in [6.07, 6.45) is 0. The molecule has 0 aliphatic carbocycles. The van der Waals surface area contributed by atoms with Gasteiger partial charge in [-0.2, -0.15) is 10.2 Å². The zero-order valence-corrected chi connectivity index (χ0v) is 16.6. The lowest BCUT2D eigenvalue weighted by Crippen LogP contribution is -2.29. The normalized spacial score (nSPS) is 11.4. The smallest absolute Gasteiger partial charge is 0.240 e. The van der Waals surface area contributed by atoms with Crippen LogP contribution >= 0.6 is 0 Å². The Balaban J connectivity index is 1.63. The molecule has 4 N–H and O–H groups in total. The largest absolute Gasteiger partial charge is 0.369 e. The molecule has 154 valence electrons. The average molecular weight is 421 g/mol. The van der Waals surface area contributed by atoms with Crippen molar-refractivity contribution in [3.63, 3.8) is 0 Å². The molecular formula is C16H20FN9O2S. The standard InChI is InChI=1S/C16H20FN9O2S/c1-3-18-16-21-10(2)8-14(22-16)19-6-7-20-29(27,28)11-4-5-13(17)12(9-11)15-23-25-26-24-15/h4-5,8-9,20H,3,6-7H2,1-2H3,(H2,18,19,21,22)(H,23,24,25,26). The van der Waals surface area contributed by atoms with Crippen molar-refractivity contribution < 1.29 is 12.8 Å². The molecule has 0 unspecified atom stereocenters. The highest BCUT2D eigenvalue weighted by atomic mass is 32.2. The number of hydrogen-bond donors (Lipinski definition) is 4. The molecule has 3 rings (SSSR count). The first kappa shape index (κ1) is 20.5. The van der Waals surface area contributed by atoms with E-state index in [0.29, 0.717) is 24.9 Å². The zero-order chi connectivity index (χ0) is 20.9. The van der Waals surface area contributed by atoms with Crippen LogP contribution in [0.4, 0.5) is 16.2 Å². The molecule has 0 fully saturated rings. The number of aromatic nitrogens is 6. The number of nitrogens with one attached hydrogen (secondary N) is 4. The topological polar surface area (TPSA) is 150 Å². The molecule has 0 spiro atoms. The fraction of sp³-hybridized carbons (Fsp3) is 0.312. The van der Waals surface area contributed by atoms with Crippen LogP contribution in [0, 0.1) is 12.7 Å². The second-order valence-electron chi connectivity index (χ2n) is 5.95. The summed E-state index contributed by atoms with van der Waals surface area (Å²) in [5.41, 5.74) is 0.714. The van der Waals surface area contributed by atoms with Crippen molar-refractivity contribution in [2.45, 2.75) is 18.7 Å². The van der Waals surface area contributed by atoms with E-state index in [1.165, 1.54) is 6.07 Å². The minimum Gasteiger partial charge on any atom is -0.369 e. The number of benzene rings is 1. The molecule has 0 aliphatic heterocycles. The van der Waals surface area contributed by atoms with E-state index in [1.807, 2.05) is 13.8 Å². The minimum absolute atomic E-state index is 0.0307. The van der Waals surface area contributed by atoms with Gasteiger partial charge in [-0.1, -0.05) is 0 Å². The number of halogens is 1. The van der Waals surface area contributed by atoms with Crippen LogP contribution in [0.1, 0.15) is 12.6 Å². The van der Waals surface area contributed by atoms with E-state index in [2.05, 4.69) is 45.9 Å². The van der Waals surface area contributed by atoms with E-state index in [1.54, 1.807) is 6.07 Å². The van der Waals surface area contributed by atoms with Crippen molar-refractivity contribution in [1.29, 1.82) is 0 Å². The lowest BCUT2D eigenvalue weighted by Gasteiger charge is -2.11. The quantitative estimate of drug-likeness (QED) is 0.370. The highest BCUT2D eigenvalue weighted by molar-refractivity contribution is 7.89. The summed E-state index contributed by atoms with van der Waals surface area (Å²) in [7, 11) is -3.86. The Kier molecular flexibility index (Phi) is 6.29.